The fourth-order valence-electron chi connectivity index (χ4n) is 3.58. The van der Waals surface area contributed by atoms with Gasteiger partial charge in [-0.25, -0.2) is 0 Å². The lowest BCUT2D eigenvalue weighted by molar-refractivity contribution is -0.384. The average Bonchev–Trinajstić information content (AvgIpc) is 3.00. The standard InChI is InChI=1S/C19H20N2O4/c22-21(23)16-7-5-15(6-8-16)20-10-1-3-17(20)14-4-9-18-19(13-14)25-12-2-11-24-18/h4-9,13,17H,1-3,10-12H2/t17-/m0/s1. The monoisotopic (exact) mass is 340 g/mol. The molecule has 6 heteroatoms. The highest BCUT2D eigenvalue weighted by molar-refractivity contribution is 5.55. The van der Waals surface area contributed by atoms with Crippen molar-refractivity contribution in [2.75, 3.05) is 24.7 Å². The van der Waals surface area contributed by atoms with E-state index in [0.717, 1.165) is 43.0 Å². The van der Waals surface area contributed by atoms with Crippen LogP contribution in [-0.2, 0) is 0 Å². The average molecular weight is 340 g/mol. The van der Waals surface area contributed by atoms with Gasteiger partial charge in [-0.1, -0.05) is 6.07 Å². The van der Waals surface area contributed by atoms with Gasteiger partial charge in [0.05, 0.1) is 24.2 Å². The van der Waals surface area contributed by atoms with Crippen LogP contribution >= 0.6 is 0 Å². The lowest BCUT2D eigenvalue weighted by Gasteiger charge is -2.27. The largest absolute Gasteiger partial charge is 0.490 e. The lowest BCUT2D eigenvalue weighted by atomic mass is 10.0. The summed E-state index contributed by atoms with van der Waals surface area (Å²) in [7, 11) is 0. The van der Waals surface area contributed by atoms with Crippen LogP contribution in [0.4, 0.5) is 11.4 Å². The van der Waals surface area contributed by atoms with Crippen molar-refractivity contribution < 1.29 is 14.4 Å². The summed E-state index contributed by atoms with van der Waals surface area (Å²) in [5, 5.41) is 10.9. The van der Waals surface area contributed by atoms with E-state index in [1.54, 1.807) is 12.1 Å². The zero-order chi connectivity index (χ0) is 17.2. The Hall–Kier alpha value is -2.76. The summed E-state index contributed by atoms with van der Waals surface area (Å²) in [6.07, 6.45) is 3.04. The summed E-state index contributed by atoms with van der Waals surface area (Å²) in [4.78, 5) is 12.8. The first-order chi connectivity index (χ1) is 12.2. The molecule has 4 rings (SSSR count). The second kappa shape index (κ2) is 6.63. The van der Waals surface area contributed by atoms with Crippen molar-refractivity contribution in [1.82, 2.24) is 0 Å². The van der Waals surface area contributed by atoms with Crippen LogP contribution in [0.25, 0.3) is 0 Å². The topological polar surface area (TPSA) is 64.8 Å². The first kappa shape index (κ1) is 15.7. The number of non-ortho nitro benzene ring substituents is 1. The van der Waals surface area contributed by atoms with Gasteiger partial charge in [0, 0.05) is 30.8 Å². The first-order valence-corrected chi connectivity index (χ1v) is 8.63. The number of fused-ring (bicyclic) bond motifs is 1. The van der Waals surface area contributed by atoms with Gasteiger partial charge in [-0.2, -0.15) is 0 Å². The predicted octanol–water partition coefficient (Wildman–Crippen LogP) is 4.10. The van der Waals surface area contributed by atoms with Gasteiger partial charge in [-0.15, -0.1) is 0 Å². The summed E-state index contributed by atoms with van der Waals surface area (Å²) in [6.45, 7) is 2.30. The minimum atomic E-state index is -0.366. The molecule has 0 radical (unpaired) electrons. The fourth-order valence-corrected chi connectivity index (χ4v) is 3.58. The number of nitro benzene ring substituents is 1. The Morgan fingerprint density at radius 2 is 1.76 bits per heavy atom. The van der Waals surface area contributed by atoms with E-state index in [9.17, 15) is 10.1 Å². The van der Waals surface area contributed by atoms with Crippen molar-refractivity contribution in [3.8, 4) is 11.5 Å². The summed E-state index contributed by atoms with van der Waals surface area (Å²) in [6, 6.07) is 13.2. The van der Waals surface area contributed by atoms with Gasteiger partial charge in [0.1, 0.15) is 0 Å². The molecule has 0 spiro atoms. The molecule has 0 aliphatic carbocycles. The lowest BCUT2D eigenvalue weighted by Crippen LogP contribution is -2.22. The molecule has 0 N–H and O–H groups in total. The zero-order valence-corrected chi connectivity index (χ0v) is 13.9. The molecule has 0 bridgehead atoms. The number of rotatable bonds is 3. The van der Waals surface area contributed by atoms with Crippen LogP contribution < -0.4 is 14.4 Å². The maximum Gasteiger partial charge on any atom is 0.269 e. The number of hydrogen-bond acceptors (Lipinski definition) is 5. The van der Waals surface area contributed by atoms with Crippen molar-refractivity contribution >= 4 is 11.4 Å². The van der Waals surface area contributed by atoms with Crippen molar-refractivity contribution in [2.24, 2.45) is 0 Å². The quantitative estimate of drug-likeness (QED) is 0.622. The molecule has 2 aromatic rings. The van der Waals surface area contributed by atoms with Crippen LogP contribution in [0.3, 0.4) is 0 Å². The van der Waals surface area contributed by atoms with Crippen molar-refractivity contribution in [1.29, 1.82) is 0 Å². The van der Waals surface area contributed by atoms with Gasteiger partial charge in [0.15, 0.2) is 11.5 Å². The Morgan fingerprint density at radius 3 is 2.52 bits per heavy atom. The zero-order valence-electron chi connectivity index (χ0n) is 13.9. The van der Waals surface area contributed by atoms with Crippen LogP contribution in [0, 0.1) is 10.1 Å². The predicted molar refractivity (Wildman–Crippen MR) is 94.5 cm³/mol. The van der Waals surface area contributed by atoms with Crippen molar-refractivity contribution in [3.63, 3.8) is 0 Å². The van der Waals surface area contributed by atoms with E-state index in [2.05, 4.69) is 17.0 Å². The molecule has 130 valence electrons. The first-order valence-electron chi connectivity index (χ1n) is 8.63. The molecule has 0 aromatic heterocycles. The highest BCUT2D eigenvalue weighted by Crippen LogP contribution is 2.40. The van der Waals surface area contributed by atoms with Crippen LogP contribution in [0.5, 0.6) is 11.5 Å². The smallest absolute Gasteiger partial charge is 0.269 e. The van der Waals surface area contributed by atoms with Crippen LogP contribution in [0.15, 0.2) is 42.5 Å². The Labute approximate surface area is 146 Å². The number of hydrogen-bond donors (Lipinski definition) is 0. The molecule has 1 fully saturated rings. The Bertz CT molecular complexity index is 775. The van der Waals surface area contributed by atoms with Crippen LogP contribution in [-0.4, -0.2) is 24.7 Å². The molecule has 0 saturated carbocycles. The van der Waals surface area contributed by atoms with Gasteiger partial charge >= 0.3 is 0 Å². The van der Waals surface area contributed by atoms with Gasteiger partial charge < -0.3 is 14.4 Å². The van der Waals surface area contributed by atoms with E-state index < -0.39 is 0 Å². The van der Waals surface area contributed by atoms with E-state index in [1.165, 1.54) is 5.56 Å². The van der Waals surface area contributed by atoms with Gasteiger partial charge in [-0.05, 0) is 42.7 Å². The molecule has 1 saturated heterocycles. The second-order valence-electron chi connectivity index (χ2n) is 6.38. The number of nitrogens with zero attached hydrogens (tertiary/aromatic N) is 2. The number of ether oxygens (including phenoxy) is 2. The highest BCUT2D eigenvalue weighted by atomic mass is 16.6. The number of nitro groups is 1. The molecule has 0 amide bonds. The minimum absolute atomic E-state index is 0.120. The van der Waals surface area contributed by atoms with E-state index >= 15 is 0 Å². The Kier molecular flexibility index (Phi) is 4.17. The summed E-state index contributed by atoms with van der Waals surface area (Å²) in [5.74, 6) is 1.62. The molecule has 25 heavy (non-hydrogen) atoms. The number of benzene rings is 2. The molecule has 2 heterocycles. The number of anilines is 1. The maximum atomic E-state index is 10.9. The van der Waals surface area contributed by atoms with Crippen molar-refractivity contribution in [2.45, 2.75) is 25.3 Å². The molecular formula is C19H20N2O4. The molecule has 6 nitrogen and oxygen atoms in total. The maximum absolute atomic E-state index is 10.9. The van der Waals surface area contributed by atoms with E-state index in [0.29, 0.717) is 13.2 Å². The Balaban J connectivity index is 1.61. The normalized spacial score (nSPS) is 19.5. The van der Waals surface area contributed by atoms with E-state index in [-0.39, 0.29) is 16.7 Å². The third-order valence-corrected chi connectivity index (χ3v) is 4.80. The van der Waals surface area contributed by atoms with Crippen LogP contribution in [0.1, 0.15) is 30.9 Å². The molecule has 2 aliphatic heterocycles. The summed E-state index contributed by atoms with van der Waals surface area (Å²) >= 11 is 0. The van der Waals surface area contributed by atoms with Gasteiger partial charge in [-0.3, -0.25) is 10.1 Å². The minimum Gasteiger partial charge on any atom is -0.490 e. The van der Waals surface area contributed by atoms with Gasteiger partial charge in [0.25, 0.3) is 5.69 Å². The summed E-state index contributed by atoms with van der Waals surface area (Å²) < 4.78 is 11.5. The SMILES string of the molecule is O=[N+]([O-])c1ccc(N2CCC[C@H]2c2ccc3c(c2)OCCCO3)cc1. The molecular weight excluding hydrogens is 320 g/mol. The second-order valence-corrected chi connectivity index (χ2v) is 6.38. The fraction of sp³-hybridized carbons (Fsp3) is 0.368. The highest BCUT2D eigenvalue weighted by Gasteiger charge is 2.27. The van der Waals surface area contributed by atoms with Gasteiger partial charge in [0.2, 0.25) is 0 Å². The van der Waals surface area contributed by atoms with E-state index in [4.69, 9.17) is 9.47 Å². The molecule has 1 atom stereocenters. The van der Waals surface area contributed by atoms with Crippen LogP contribution in [0.2, 0.25) is 0 Å². The third-order valence-electron chi connectivity index (χ3n) is 4.80. The Morgan fingerprint density at radius 1 is 1.00 bits per heavy atom. The summed E-state index contributed by atoms with van der Waals surface area (Å²) in [5.41, 5.74) is 2.33. The van der Waals surface area contributed by atoms with Crippen molar-refractivity contribution in [3.05, 3.63) is 58.1 Å². The third kappa shape index (κ3) is 3.12. The molecule has 2 aromatic carbocycles. The van der Waals surface area contributed by atoms with E-state index in [1.807, 2.05) is 18.2 Å². The molecule has 0 unspecified atom stereocenters. The molecule has 2 aliphatic rings.